The molecule has 8 heteroatoms. The molecule has 19 heavy (non-hydrogen) atoms. The van der Waals surface area contributed by atoms with Crippen LogP contribution in [-0.4, -0.2) is 25.5 Å². The minimum atomic E-state index is -3.98. The first-order valence-corrected chi connectivity index (χ1v) is 7.27. The van der Waals surface area contributed by atoms with Gasteiger partial charge in [-0.25, -0.2) is 17.5 Å². The Labute approximate surface area is 115 Å². The minimum Gasteiger partial charge on any atom is -0.481 e. The average molecular weight is 310 g/mol. The molecule has 0 amide bonds. The molecule has 0 saturated carbocycles. The van der Waals surface area contributed by atoms with E-state index < -0.39 is 27.9 Å². The van der Waals surface area contributed by atoms with E-state index >= 15 is 0 Å². The van der Waals surface area contributed by atoms with Crippen molar-refractivity contribution in [2.45, 2.75) is 30.7 Å². The summed E-state index contributed by atoms with van der Waals surface area (Å²) in [6.45, 7) is 1.52. The highest BCUT2D eigenvalue weighted by Gasteiger charge is 2.21. The molecular weight excluding hydrogens is 297 g/mol. The van der Waals surface area contributed by atoms with E-state index in [-0.39, 0.29) is 22.8 Å². The number of carboxylic acid groups (broad SMARTS) is 1. The molecule has 5 nitrogen and oxygen atoms in total. The van der Waals surface area contributed by atoms with Gasteiger partial charge in [-0.2, -0.15) is 0 Å². The molecule has 0 bridgehead atoms. The topological polar surface area (TPSA) is 83.5 Å². The second kappa shape index (κ2) is 6.31. The second-order valence-electron chi connectivity index (χ2n) is 4.03. The van der Waals surface area contributed by atoms with Gasteiger partial charge < -0.3 is 5.11 Å². The van der Waals surface area contributed by atoms with E-state index in [4.69, 9.17) is 16.7 Å². The maximum absolute atomic E-state index is 13.0. The zero-order chi connectivity index (χ0) is 14.6. The van der Waals surface area contributed by atoms with Crippen molar-refractivity contribution in [3.8, 4) is 0 Å². The van der Waals surface area contributed by atoms with Gasteiger partial charge in [0.1, 0.15) is 10.7 Å². The van der Waals surface area contributed by atoms with Gasteiger partial charge in [-0.1, -0.05) is 11.6 Å². The summed E-state index contributed by atoms with van der Waals surface area (Å²) >= 11 is 5.71. The van der Waals surface area contributed by atoms with Crippen molar-refractivity contribution in [3.63, 3.8) is 0 Å². The Kier molecular flexibility index (Phi) is 5.28. The molecule has 0 radical (unpaired) electrons. The maximum Gasteiger partial charge on any atom is 0.303 e. The lowest BCUT2D eigenvalue weighted by Gasteiger charge is -2.14. The largest absolute Gasteiger partial charge is 0.481 e. The number of halogens is 2. The Morgan fingerprint density at radius 1 is 1.53 bits per heavy atom. The van der Waals surface area contributed by atoms with Crippen molar-refractivity contribution in [2.75, 3.05) is 0 Å². The molecule has 1 rings (SSSR count). The number of carboxylic acids is 1. The Balaban J connectivity index is 2.86. The third-order valence-corrected chi connectivity index (χ3v) is 4.40. The molecule has 1 aromatic rings. The highest BCUT2D eigenvalue weighted by atomic mass is 35.5. The Bertz CT molecular complexity index is 576. The first-order chi connectivity index (χ1) is 8.72. The fourth-order valence-electron chi connectivity index (χ4n) is 1.41. The summed E-state index contributed by atoms with van der Waals surface area (Å²) in [6, 6.07) is 2.41. The van der Waals surface area contributed by atoms with Gasteiger partial charge in [0, 0.05) is 12.5 Å². The molecule has 0 aromatic heterocycles. The summed E-state index contributed by atoms with van der Waals surface area (Å²) in [7, 11) is -3.98. The van der Waals surface area contributed by atoms with Crippen LogP contribution in [0, 0.1) is 5.82 Å². The number of nitrogens with one attached hydrogen (secondary N) is 1. The van der Waals surface area contributed by atoms with E-state index in [0.29, 0.717) is 0 Å². The summed E-state index contributed by atoms with van der Waals surface area (Å²) in [5, 5.41) is 8.41. The third-order valence-electron chi connectivity index (χ3n) is 2.33. The maximum atomic E-state index is 13.0. The Morgan fingerprint density at radius 2 is 2.16 bits per heavy atom. The van der Waals surface area contributed by atoms with Gasteiger partial charge in [-0.05, 0) is 31.5 Å². The van der Waals surface area contributed by atoms with Gasteiger partial charge >= 0.3 is 5.97 Å². The molecule has 0 fully saturated rings. The Morgan fingerprint density at radius 3 is 2.74 bits per heavy atom. The molecule has 0 aliphatic heterocycles. The molecule has 0 aliphatic carbocycles. The standard InChI is InChI=1S/C11H13ClFNO4S/c1-7(2-5-11(15)16)14-19(17,18)10-6-8(13)3-4-9(10)12/h3-4,6-7,14H,2,5H2,1H3,(H,15,16). The van der Waals surface area contributed by atoms with E-state index in [0.717, 1.165) is 18.2 Å². The van der Waals surface area contributed by atoms with Crippen LogP contribution in [0.3, 0.4) is 0 Å². The smallest absolute Gasteiger partial charge is 0.303 e. The molecule has 0 spiro atoms. The van der Waals surface area contributed by atoms with Crippen LogP contribution in [0.2, 0.25) is 5.02 Å². The van der Waals surface area contributed by atoms with Gasteiger partial charge in [0.2, 0.25) is 10.0 Å². The van der Waals surface area contributed by atoms with Crippen LogP contribution < -0.4 is 4.72 Å². The number of carbonyl (C=O) groups is 1. The summed E-state index contributed by atoms with van der Waals surface area (Å²) in [5.41, 5.74) is 0. The summed E-state index contributed by atoms with van der Waals surface area (Å²) in [5.74, 6) is -1.74. The molecular formula is C11H13ClFNO4S. The van der Waals surface area contributed by atoms with E-state index in [1.54, 1.807) is 0 Å². The van der Waals surface area contributed by atoms with Gasteiger partial charge in [0.05, 0.1) is 5.02 Å². The summed E-state index contributed by atoms with van der Waals surface area (Å²) < 4.78 is 39.2. The van der Waals surface area contributed by atoms with Crippen molar-refractivity contribution in [3.05, 3.63) is 29.0 Å². The molecule has 1 unspecified atom stereocenters. The monoisotopic (exact) mass is 309 g/mol. The molecule has 1 atom stereocenters. The number of rotatable bonds is 6. The van der Waals surface area contributed by atoms with Crippen LogP contribution in [0.1, 0.15) is 19.8 Å². The molecule has 2 N–H and O–H groups in total. The van der Waals surface area contributed by atoms with Crippen molar-refractivity contribution in [1.29, 1.82) is 0 Å². The van der Waals surface area contributed by atoms with Crippen molar-refractivity contribution in [2.24, 2.45) is 0 Å². The predicted molar refractivity (Wildman–Crippen MR) is 68.1 cm³/mol. The first-order valence-electron chi connectivity index (χ1n) is 5.41. The van der Waals surface area contributed by atoms with Crippen LogP contribution in [0.4, 0.5) is 4.39 Å². The van der Waals surface area contributed by atoms with Gasteiger partial charge in [0.25, 0.3) is 0 Å². The molecule has 1 aromatic carbocycles. The van der Waals surface area contributed by atoms with Crippen molar-refractivity contribution in [1.82, 2.24) is 4.72 Å². The lowest BCUT2D eigenvalue weighted by Crippen LogP contribution is -2.33. The lowest BCUT2D eigenvalue weighted by atomic mass is 10.2. The SMILES string of the molecule is CC(CCC(=O)O)NS(=O)(=O)c1cc(F)ccc1Cl. The van der Waals surface area contributed by atoms with Crippen LogP contribution in [0.5, 0.6) is 0 Å². The highest BCUT2D eigenvalue weighted by Crippen LogP contribution is 2.22. The van der Waals surface area contributed by atoms with Gasteiger partial charge in [-0.3, -0.25) is 4.79 Å². The highest BCUT2D eigenvalue weighted by molar-refractivity contribution is 7.89. The van der Waals surface area contributed by atoms with Crippen LogP contribution >= 0.6 is 11.6 Å². The summed E-state index contributed by atoms with van der Waals surface area (Å²) in [6.07, 6.45) is -0.0396. The van der Waals surface area contributed by atoms with Gasteiger partial charge in [0.15, 0.2) is 0 Å². The molecule has 0 heterocycles. The predicted octanol–water partition coefficient (Wildman–Crippen LogP) is 2.01. The minimum absolute atomic E-state index is 0.0978. The normalized spacial score (nSPS) is 13.2. The number of aliphatic carboxylic acids is 1. The van der Waals surface area contributed by atoms with Crippen molar-refractivity contribution < 1.29 is 22.7 Å². The van der Waals surface area contributed by atoms with E-state index in [1.807, 2.05) is 0 Å². The second-order valence-corrected chi connectivity index (χ2v) is 6.12. The fraction of sp³-hybridized carbons (Fsp3) is 0.364. The van der Waals surface area contributed by atoms with E-state index in [1.165, 1.54) is 6.92 Å². The lowest BCUT2D eigenvalue weighted by molar-refractivity contribution is -0.137. The van der Waals surface area contributed by atoms with Crippen LogP contribution in [0.15, 0.2) is 23.1 Å². The molecule has 106 valence electrons. The van der Waals surface area contributed by atoms with E-state index in [9.17, 15) is 17.6 Å². The third kappa shape index (κ3) is 4.77. The zero-order valence-electron chi connectivity index (χ0n) is 10.1. The quantitative estimate of drug-likeness (QED) is 0.842. The number of benzene rings is 1. The summed E-state index contributed by atoms with van der Waals surface area (Å²) in [4.78, 5) is 10.0. The Hall–Kier alpha value is -1.18. The number of hydrogen-bond donors (Lipinski definition) is 2. The van der Waals surface area contributed by atoms with E-state index in [2.05, 4.69) is 4.72 Å². The van der Waals surface area contributed by atoms with Crippen LogP contribution in [-0.2, 0) is 14.8 Å². The van der Waals surface area contributed by atoms with Crippen molar-refractivity contribution >= 4 is 27.6 Å². The first kappa shape index (κ1) is 15.9. The zero-order valence-corrected chi connectivity index (χ0v) is 11.6. The number of hydrogen-bond acceptors (Lipinski definition) is 3. The molecule has 0 aliphatic rings. The number of sulfonamides is 1. The molecule has 0 saturated heterocycles. The van der Waals surface area contributed by atoms with Crippen LogP contribution in [0.25, 0.3) is 0 Å². The van der Waals surface area contributed by atoms with Gasteiger partial charge in [-0.15, -0.1) is 0 Å². The average Bonchev–Trinajstić information content (AvgIpc) is 2.29. The fourth-order valence-corrected chi connectivity index (χ4v) is 3.20.